The number of alkyl halides is 3. The van der Waals surface area contributed by atoms with E-state index in [0.29, 0.717) is 22.6 Å². The third-order valence-corrected chi connectivity index (χ3v) is 4.05. The lowest BCUT2D eigenvalue weighted by atomic mass is 10.1. The molecule has 0 spiro atoms. The summed E-state index contributed by atoms with van der Waals surface area (Å²) in [5.41, 5.74) is 3.12. The van der Waals surface area contributed by atoms with E-state index < -0.39 is 17.7 Å². The molecule has 0 aliphatic rings. The van der Waals surface area contributed by atoms with Crippen LogP contribution >= 0.6 is 11.3 Å². The number of anilines is 2. The smallest absolute Gasteiger partial charge is 0.416 e. The van der Waals surface area contributed by atoms with Crippen LogP contribution in [0.3, 0.4) is 0 Å². The molecule has 0 radical (unpaired) electrons. The Hall–Kier alpha value is -2.87. The summed E-state index contributed by atoms with van der Waals surface area (Å²) in [5.74, 6) is -1.07. The van der Waals surface area contributed by atoms with Gasteiger partial charge in [0.1, 0.15) is 0 Å². The molecule has 0 fully saturated rings. The van der Waals surface area contributed by atoms with Crippen molar-refractivity contribution in [3.63, 3.8) is 0 Å². The van der Waals surface area contributed by atoms with Gasteiger partial charge in [-0.3, -0.25) is 0 Å². The van der Waals surface area contributed by atoms with Crippen molar-refractivity contribution >= 4 is 28.7 Å². The fourth-order valence-corrected chi connectivity index (χ4v) is 2.79. The Bertz CT molecular complexity index is 891. The van der Waals surface area contributed by atoms with Crippen LogP contribution in [0, 0.1) is 0 Å². The standard InChI is InChI=1S/C17H11F3N2O2S/c18-17(19,20)11-2-4-12(5-3-11)22-14-6-1-10(16(23)24)7-13(14)15-8-25-9-21-15/h1-9,22H,(H,23,24). The maximum absolute atomic E-state index is 12.6. The number of aromatic nitrogens is 1. The van der Waals surface area contributed by atoms with Crippen molar-refractivity contribution in [2.75, 3.05) is 5.32 Å². The van der Waals surface area contributed by atoms with Crippen molar-refractivity contribution in [1.29, 1.82) is 0 Å². The van der Waals surface area contributed by atoms with Crippen LogP contribution in [0.25, 0.3) is 11.3 Å². The number of rotatable bonds is 4. The van der Waals surface area contributed by atoms with Crippen LogP contribution in [0.2, 0.25) is 0 Å². The molecule has 4 nitrogen and oxygen atoms in total. The molecule has 0 saturated carbocycles. The van der Waals surface area contributed by atoms with Crippen molar-refractivity contribution in [2.45, 2.75) is 6.18 Å². The van der Waals surface area contributed by atoms with E-state index in [1.54, 1.807) is 17.0 Å². The van der Waals surface area contributed by atoms with Gasteiger partial charge in [0, 0.05) is 22.3 Å². The Kier molecular flexibility index (Phi) is 4.45. The molecule has 128 valence electrons. The number of carboxylic acid groups (broad SMARTS) is 1. The zero-order chi connectivity index (χ0) is 18.0. The number of nitrogens with zero attached hydrogens (tertiary/aromatic N) is 1. The number of aromatic carboxylic acids is 1. The maximum Gasteiger partial charge on any atom is 0.416 e. The highest BCUT2D eigenvalue weighted by Crippen LogP contribution is 2.33. The largest absolute Gasteiger partial charge is 0.478 e. The van der Waals surface area contributed by atoms with Crippen LogP contribution in [0.5, 0.6) is 0 Å². The third kappa shape index (κ3) is 3.80. The average Bonchev–Trinajstić information content (AvgIpc) is 3.09. The number of carboxylic acids is 1. The molecule has 8 heteroatoms. The van der Waals surface area contributed by atoms with E-state index in [0.717, 1.165) is 12.1 Å². The van der Waals surface area contributed by atoms with Crippen LogP contribution in [-0.2, 0) is 6.18 Å². The first-order valence-corrected chi connectivity index (χ1v) is 7.99. The lowest BCUT2D eigenvalue weighted by Gasteiger charge is -2.13. The van der Waals surface area contributed by atoms with Crippen LogP contribution in [-0.4, -0.2) is 16.1 Å². The molecule has 1 aromatic heterocycles. The normalized spacial score (nSPS) is 11.3. The fourth-order valence-electron chi connectivity index (χ4n) is 2.24. The molecule has 0 atom stereocenters. The quantitative estimate of drug-likeness (QED) is 0.662. The first-order chi connectivity index (χ1) is 11.8. The number of benzene rings is 2. The second-order valence-corrected chi connectivity index (χ2v) is 5.86. The van der Waals surface area contributed by atoms with Crippen molar-refractivity contribution in [1.82, 2.24) is 4.98 Å². The van der Waals surface area contributed by atoms with Gasteiger partial charge in [-0.15, -0.1) is 11.3 Å². The summed E-state index contributed by atoms with van der Waals surface area (Å²) in [5, 5.41) is 13.9. The number of hydrogen-bond acceptors (Lipinski definition) is 4. The highest BCUT2D eigenvalue weighted by atomic mass is 32.1. The van der Waals surface area contributed by atoms with Crippen LogP contribution in [0.4, 0.5) is 24.5 Å². The van der Waals surface area contributed by atoms with Gasteiger partial charge >= 0.3 is 12.1 Å². The highest BCUT2D eigenvalue weighted by molar-refractivity contribution is 7.07. The molecule has 0 aliphatic heterocycles. The van der Waals surface area contributed by atoms with Crippen molar-refractivity contribution in [2.24, 2.45) is 0 Å². The molecule has 2 N–H and O–H groups in total. The van der Waals surface area contributed by atoms with Crippen molar-refractivity contribution in [3.05, 3.63) is 64.5 Å². The Morgan fingerprint density at radius 1 is 1.12 bits per heavy atom. The fraction of sp³-hybridized carbons (Fsp3) is 0.0588. The summed E-state index contributed by atoms with van der Waals surface area (Å²) < 4.78 is 37.9. The van der Waals surface area contributed by atoms with Crippen molar-refractivity contribution < 1.29 is 23.1 Å². The summed E-state index contributed by atoms with van der Waals surface area (Å²) in [6, 6.07) is 9.06. The topological polar surface area (TPSA) is 62.2 Å². The number of nitrogens with one attached hydrogen (secondary N) is 1. The molecule has 0 bridgehead atoms. The lowest BCUT2D eigenvalue weighted by Crippen LogP contribution is -2.04. The van der Waals surface area contributed by atoms with E-state index >= 15 is 0 Å². The molecule has 25 heavy (non-hydrogen) atoms. The van der Waals surface area contributed by atoms with E-state index in [4.69, 9.17) is 5.11 Å². The van der Waals surface area contributed by atoms with E-state index in [1.807, 2.05) is 0 Å². The second-order valence-electron chi connectivity index (χ2n) is 5.14. The lowest BCUT2D eigenvalue weighted by molar-refractivity contribution is -0.137. The molecule has 0 aliphatic carbocycles. The summed E-state index contributed by atoms with van der Waals surface area (Å²) in [4.78, 5) is 15.4. The van der Waals surface area contributed by atoms with Gasteiger partial charge in [-0.05, 0) is 42.5 Å². The summed E-state index contributed by atoms with van der Waals surface area (Å²) in [7, 11) is 0. The van der Waals surface area contributed by atoms with Gasteiger partial charge in [0.2, 0.25) is 0 Å². The minimum absolute atomic E-state index is 0.0981. The molecular formula is C17H11F3N2O2S. The Morgan fingerprint density at radius 2 is 1.84 bits per heavy atom. The number of halogens is 3. The van der Waals surface area contributed by atoms with Crippen molar-refractivity contribution in [3.8, 4) is 11.3 Å². The summed E-state index contributed by atoms with van der Waals surface area (Å²) in [6.07, 6.45) is -4.40. The van der Waals surface area contributed by atoms with E-state index in [-0.39, 0.29) is 5.56 Å². The van der Waals surface area contributed by atoms with Gasteiger partial charge in [-0.2, -0.15) is 13.2 Å². The van der Waals surface area contributed by atoms with Crippen LogP contribution < -0.4 is 5.32 Å². The minimum atomic E-state index is -4.40. The average molecular weight is 364 g/mol. The zero-order valence-electron chi connectivity index (χ0n) is 12.5. The Morgan fingerprint density at radius 3 is 2.40 bits per heavy atom. The first kappa shape index (κ1) is 17.0. The third-order valence-electron chi connectivity index (χ3n) is 3.47. The second kappa shape index (κ2) is 6.56. The van der Waals surface area contributed by atoms with Crippen LogP contribution in [0.1, 0.15) is 15.9 Å². The molecular weight excluding hydrogens is 353 g/mol. The molecule has 1 heterocycles. The molecule has 3 aromatic rings. The van der Waals surface area contributed by atoms with Gasteiger partial charge < -0.3 is 10.4 Å². The predicted molar refractivity (Wildman–Crippen MR) is 89.2 cm³/mol. The number of thiazole rings is 1. The molecule has 0 saturated heterocycles. The van der Waals surface area contributed by atoms with Gasteiger partial charge in [0.25, 0.3) is 0 Å². The predicted octanol–water partition coefficient (Wildman–Crippen LogP) is 5.27. The molecule has 3 rings (SSSR count). The highest BCUT2D eigenvalue weighted by Gasteiger charge is 2.29. The van der Waals surface area contributed by atoms with Gasteiger partial charge in [-0.1, -0.05) is 0 Å². The molecule has 0 unspecified atom stereocenters. The first-order valence-electron chi connectivity index (χ1n) is 7.05. The minimum Gasteiger partial charge on any atom is -0.478 e. The van der Waals surface area contributed by atoms with E-state index in [2.05, 4.69) is 10.3 Å². The van der Waals surface area contributed by atoms with Gasteiger partial charge in [-0.25, -0.2) is 9.78 Å². The number of carbonyl (C=O) groups is 1. The molecule has 0 amide bonds. The Labute approximate surface area is 144 Å². The molecule has 2 aromatic carbocycles. The van der Waals surface area contributed by atoms with Crippen LogP contribution in [0.15, 0.2) is 53.4 Å². The maximum atomic E-state index is 12.6. The number of hydrogen-bond donors (Lipinski definition) is 2. The SMILES string of the molecule is O=C(O)c1ccc(Nc2ccc(C(F)(F)F)cc2)c(-c2cscn2)c1. The Balaban J connectivity index is 1.96. The zero-order valence-corrected chi connectivity index (χ0v) is 13.4. The summed E-state index contributed by atoms with van der Waals surface area (Å²) >= 11 is 1.36. The van der Waals surface area contributed by atoms with E-state index in [1.165, 1.54) is 35.6 Å². The van der Waals surface area contributed by atoms with E-state index in [9.17, 15) is 18.0 Å². The summed E-state index contributed by atoms with van der Waals surface area (Å²) in [6.45, 7) is 0. The monoisotopic (exact) mass is 364 g/mol. The van der Waals surface area contributed by atoms with Gasteiger partial charge in [0.05, 0.1) is 22.3 Å². The van der Waals surface area contributed by atoms with Gasteiger partial charge in [0.15, 0.2) is 0 Å².